The summed E-state index contributed by atoms with van der Waals surface area (Å²) in [5.74, 6) is -2.68. The highest BCUT2D eigenvalue weighted by Crippen LogP contribution is 2.06. The number of aldehydes is 2. The molecular formula is C23H38N4O8S. The van der Waals surface area contributed by atoms with Crippen molar-refractivity contribution in [3.05, 3.63) is 0 Å². The monoisotopic (exact) mass is 532 g/mol. The highest BCUT2D eigenvalue weighted by atomic mass is 32.1. The maximum absolute atomic E-state index is 12.4. The summed E-state index contributed by atoms with van der Waals surface area (Å²) in [6.45, 7) is 6.01. The number of unbranched alkanes of at least 4 members (excludes halogenated alkanes) is 1. The first-order chi connectivity index (χ1) is 17.3. The Bertz CT molecular complexity index is 827. The fourth-order valence-electron chi connectivity index (χ4n) is 2.80. The van der Waals surface area contributed by atoms with Crippen molar-refractivity contribution in [1.82, 2.24) is 21.3 Å². The first kappa shape index (κ1) is 31.1. The standard InChI is InChI=1S/C23H38N4O8S/c1-5-19(30)26-17(22(33)24-14(2)12-28)8-6-7-11-35-20(31)10-9-18(27-21(32)16(4)36)23(34)25-15(3)13-29/h12-18,36H,5-11H2,1-4H3,(H,24,33)(H,25,34)(H,26,30)(H,27,32)/i13T. The lowest BCUT2D eigenvalue weighted by Crippen LogP contribution is -2.50. The molecule has 4 N–H and O–H groups in total. The summed E-state index contributed by atoms with van der Waals surface area (Å²) in [6, 6.07) is -3.74. The second-order valence-electron chi connectivity index (χ2n) is 8.25. The third-order valence-electron chi connectivity index (χ3n) is 4.88. The number of thiol groups is 1. The van der Waals surface area contributed by atoms with E-state index in [2.05, 4.69) is 33.9 Å². The van der Waals surface area contributed by atoms with Crippen molar-refractivity contribution < 1.29 is 39.7 Å². The number of amides is 4. The van der Waals surface area contributed by atoms with Crippen LogP contribution in [0.5, 0.6) is 0 Å². The van der Waals surface area contributed by atoms with E-state index in [0.29, 0.717) is 19.1 Å². The van der Waals surface area contributed by atoms with Crippen LogP contribution in [0.4, 0.5) is 0 Å². The van der Waals surface area contributed by atoms with Gasteiger partial charge in [0, 0.05) is 12.8 Å². The first-order valence-corrected chi connectivity index (χ1v) is 12.3. The summed E-state index contributed by atoms with van der Waals surface area (Å²) >= 11 is 4.00. The van der Waals surface area contributed by atoms with Crippen molar-refractivity contribution in [3.63, 3.8) is 0 Å². The zero-order valence-corrected chi connectivity index (χ0v) is 22.0. The van der Waals surface area contributed by atoms with Crippen molar-refractivity contribution in [3.8, 4) is 0 Å². The van der Waals surface area contributed by atoms with Crippen LogP contribution in [0, 0.1) is 0 Å². The van der Waals surface area contributed by atoms with E-state index in [1.165, 1.54) is 20.8 Å². The third-order valence-corrected chi connectivity index (χ3v) is 5.12. The van der Waals surface area contributed by atoms with E-state index in [9.17, 15) is 33.6 Å². The van der Waals surface area contributed by atoms with Gasteiger partial charge in [0.1, 0.15) is 26.0 Å². The van der Waals surface area contributed by atoms with E-state index in [1.807, 2.05) is 0 Å². The minimum Gasteiger partial charge on any atom is -0.466 e. The van der Waals surface area contributed by atoms with E-state index in [0.717, 1.165) is 0 Å². The Morgan fingerprint density at radius 2 is 1.44 bits per heavy atom. The fraction of sp³-hybridized carbons (Fsp3) is 0.696. The fourth-order valence-corrected chi connectivity index (χ4v) is 2.87. The Kier molecular flexibility index (Phi) is 15.8. The van der Waals surface area contributed by atoms with Crippen molar-refractivity contribution >= 4 is 54.8 Å². The molecule has 0 spiro atoms. The minimum absolute atomic E-state index is 0.0287. The van der Waals surface area contributed by atoms with Gasteiger partial charge in [0.05, 0.1) is 23.9 Å². The van der Waals surface area contributed by atoms with E-state index in [-0.39, 0.29) is 38.2 Å². The van der Waals surface area contributed by atoms with Crippen molar-refractivity contribution in [2.45, 2.75) is 95.6 Å². The highest BCUT2D eigenvalue weighted by molar-refractivity contribution is 7.81. The molecule has 0 aromatic heterocycles. The zero-order chi connectivity index (χ0) is 28.5. The summed E-state index contributed by atoms with van der Waals surface area (Å²) in [5.41, 5.74) is 0. The van der Waals surface area contributed by atoms with Gasteiger partial charge in [-0.3, -0.25) is 24.0 Å². The Morgan fingerprint density at radius 1 is 0.861 bits per heavy atom. The summed E-state index contributed by atoms with van der Waals surface area (Å²) in [5, 5.41) is 9.13. The number of esters is 1. The number of carbonyl (C=O) groups is 7. The summed E-state index contributed by atoms with van der Waals surface area (Å²) in [4.78, 5) is 82.4. The lowest BCUT2D eigenvalue weighted by Gasteiger charge is -2.20. The largest absolute Gasteiger partial charge is 0.466 e. The highest BCUT2D eigenvalue weighted by Gasteiger charge is 2.25. The van der Waals surface area contributed by atoms with Gasteiger partial charge in [-0.25, -0.2) is 0 Å². The molecule has 4 amide bonds. The quantitative estimate of drug-likeness (QED) is 0.0684. The van der Waals surface area contributed by atoms with Crippen molar-refractivity contribution in [1.29, 1.82) is 0 Å². The molecular weight excluding hydrogens is 492 g/mol. The second kappa shape index (κ2) is 18.3. The van der Waals surface area contributed by atoms with E-state index >= 15 is 0 Å². The van der Waals surface area contributed by atoms with Crippen LogP contribution in [0.3, 0.4) is 0 Å². The molecule has 0 saturated heterocycles. The molecule has 0 aliphatic carbocycles. The minimum atomic E-state index is -1.13. The average Bonchev–Trinajstić information content (AvgIpc) is 2.84. The molecule has 204 valence electrons. The van der Waals surface area contributed by atoms with Gasteiger partial charge in [0.2, 0.25) is 23.6 Å². The van der Waals surface area contributed by atoms with Gasteiger partial charge in [-0.1, -0.05) is 6.92 Å². The van der Waals surface area contributed by atoms with Gasteiger partial charge in [-0.15, -0.1) is 0 Å². The lowest BCUT2D eigenvalue weighted by atomic mass is 10.1. The molecule has 0 aliphatic heterocycles. The summed E-state index contributed by atoms with van der Waals surface area (Å²) < 4.78 is 12.2. The number of carbonyl (C=O) groups excluding carboxylic acids is 7. The van der Waals surface area contributed by atoms with Gasteiger partial charge in [0.25, 0.3) is 0 Å². The molecule has 36 heavy (non-hydrogen) atoms. The molecule has 5 unspecified atom stereocenters. The number of rotatable bonds is 18. The van der Waals surface area contributed by atoms with E-state index in [1.54, 1.807) is 6.92 Å². The molecule has 0 fully saturated rings. The van der Waals surface area contributed by atoms with Gasteiger partial charge >= 0.3 is 5.97 Å². The van der Waals surface area contributed by atoms with Crippen LogP contribution in [-0.4, -0.2) is 78.2 Å². The Hall–Kier alpha value is -2.96. The molecule has 13 heteroatoms. The van der Waals surface area contributed by atoms with E-state index < -0.39 is 59.4 Å². The molecule has 0 bridgehead atoms. The van der Waals surface area contributed by atoms with Gasteiger partial charge < -0.3 is 35.6 Å². The molecule has 0 heterocycles. The van der Waals surface area contributed by atoms with Crippen LogP contribution in [-0.2, 0) is 38.3 Å². The van der Waals surface area contributed by atoms with Crippen LogP contribution < -0.4 is 21.3 Å². The number of ether oxygens (including phenoxy) is 1. The number of nitrogens with one attached hydrogen (secondary N) is 4. The Labute approximate surface area is 218 Å². The van der Waals surface area contributed by atoms with Crippen LogP contribution in [0.15, 0.2) is 0 Å². The molecule has 0 aromatic rings. The first-order valence-electron chi connectivity index (χ1n) is 12.3. The topological polar surface area (TPSA) is 177 Å². The van der Waals surface area contributed by atoms with Gasteiger partial charge in [-0.05, 0) is 46.5 Å². The number of hydrogen-bond donors (Lipinski definition) is 5. The molecule has 0 aromatic carbocycles. The van der Waals surface area contributed by atoms with Crippen molar-refractivity contribution in [2.75, 3.05) is 6.61 Å². The molecule has 5 atom stereocenters. The Balaban J connectivity index is 4.72. The van der Waals surface area contributed by atoms with Crippen LogP contribution in [0.1, 0.15) is 67.6 Å². The van der Waals surface area contributed by atoms with Crippen molar-refractivity contribution in [2.24, 2.45) is 0 Å². The maximum Gasteiger partial charge on any atom is 0.305 e. The summed E-state index contributed by atoms with van der Waals surface area (Å²) in [6.07, 6.45) is 0.544. The SMILES string of the molecule is [3H]C(=O)C(C)NC(=O)C(CCC(=O)OCCCCC(NC(=O)CC)C(=O)NC(C)C=O)NC(=O)C(C)S. The predicted octanol–water partition coefficient (Wildman–Crippen LogP) is -0.415. The third kappa shape index (κ3) is 14.4. The smallest absolute Gasteiger partial charge is 0.305 e. The maximum atomic E-state index is 12.4. The molecule has 0 radical (unpaired) electrons. The average molecular weight is 533 g/mol. The molecule has 12 nitrogen and oxygen atoms in total. The molecule has 0 aliphatic rings. The molecule has 0 saturated carbocycles. The second-order valence-corrected chi connectivity index (χ2v) is 9.02. The molecule has 0 rings (SSSR count). The zero-order valence-electron chi connectivity index (χ0n) is 22.1. The van der Waals surface area contributed by atoms with Crippen LogP contribution in [0.25, 0.3) is 0 Å². The normalized spacial score (nSPS) is 15.1. The number of hydrogen-bond acceptors (Lipinski definition) is 9. The Morgan fingerprint density at radius 3 is 1.97 bits per heavy atom. The summed E-state index contributed by atoms with van der Waals surface area (Å²) in [7, 11) is 0. The lowest BCUT2D eigenvalue weighted by molar-refractivity contribution is -0.144. The van der Waals surface area contributed by atoms with Crippen LogP contribution >= 0.6 is 12.6 Å². The van der Waals surface area contributed by atoms with E-state index in [4.69, 9.17) is 6.11 Å². The van der Waals surface area contributed by atoms with Gasteiger partial charge in [0.15, 0.2) is 0 Å². The predicted molar refractivity (Wildman–Crippen MR) is 134 cm³/mol. The van der Waals surface area contributed by atoms with Crippen LogP contribution in [0.2, 0.25) is 0 Å². The van der Waals surface area contributed by atoms with Gasteiger partial charge in [-0.2, -0.15) is 12.6 Å².